The number of morpholine rings is 1. The maximum absolute atomic E-state index is 12.3. The highest BCUT2D eigenvalue weighted by Crippen LogP contribution is 2.18. The van der Waals surface area contributed by atoms with Gasteiger partial charge >= 0.3 is 0 Å². The molecule has 0 aromatic rings. The summed E-state index contributed by atoms with van der Waals surface area (Å²) in [6, 6.07) is -0.0772. The Morgan fingerprint density at radius 3 is 2.42 bits per heavy atom. The molecule has 3 unspecified atom stereocenters. The number of ether oxygens (including phenoxy) is 1. The van der Waals surface area contributed by atoms with E-state index in [1.54, 1.807) is 0 Å². The summed E-state index contributed by atoms with van der Waals surface area (Å²) in [5.41, 5.74) is 5.45. The Kier molecular flexibility index (Phi) is 6.75. The first-order valence-electron chi connectivity index (χ1n) is 7.33. The standard InChI is InChI=1S/C14H29N3O2/c1-10(2)13(14(18)16-7-5-6-15)17-8-11(3)19-12(4)9-17/h10-13H,5-9,15H2,1-4H3,(H,16,18). The molecule has 1 amide bonds. The molecule has 0 radical (unpaired) electrons. The van der Waals surface area contributed by atoms with Crippen molar-refractivity contribution in [3.63, 3.8) is 0 Å². The molecule has 0 saturated carbocycles. The van der Waals surface area contributed by atoms with Crippen LogP contribution < -0.4 is 11.1 Å². The number of amides is 1. The van der Waals surface area contributed by atoms with Crippen molar-refractivity contribution in [3.8, 4) is 0 Å². The minimum Gasteiger partial charge on any atom is -0.373 e. The average Bonchev–Trinajstić information content (AvgIpc) is 2.27. The fourth-order valence-corrected chi connectivity index (χ4v) is 2.75. The quantitative estimate of drug-likeness (QED) is 0.694. The van der Waals surface area contributed by atoms with Gasteiger partial charge in [-0.05, 0) is 32.7 Å². The van der Waals surface area contributed by atoms with Gasteiger partial charge in [0.25, 0.3) is 0 Å². The molecule has 5 nitrogen and oxygen atoms in total. The summed E-state index contributed by atoms with van der Waals surface area (Å²) < 4.78 is 5.73. The molecule has 0 aromatic heterocycles. The van der Waals surface area contributed by atoms with Crippen molar-refractivity contribution in [1.82, 2.24) is 10.2 Å². The average molecular weight is 271 g/mol. The van der Waals surface area contributed by atoms with E-state index in [0.717, 1.165) is 19.5 Å². The second-order valence-corrected chi connectivity index (χ2v) is 5.83. The lowest BCUT2D eigenvalue weighted by Gasteiger charge is -2.41. The minimum atomic E-state index is -0.0772. The fourth-order valence-electron chi connectivity index (χ4n) is 2.75. The summed E-state index contributed by atoms with van der Waals surface area (Å²) in [7, 11) is 0. The van der Waals surface area contributed by atoms with Gasteiger partial charge in [-0.1, -0.05) is 13.8 Å². The first kappa shape index (κ1) is 16.4. The molecule has 1 aliphatic rings. The van der Waals surface area contributed by atoms with Crippen LogP contribution in [0.5, 0.6) is 0 Å². The molecule has 5 heteroatoms. The highest BCUT2D eigenvalue weighted by molar-refractivity contribution is 5.82. The summed E-state index contributed by atoms with van der Waals surface area (Å²) in [6.07, 6.45) is 1.19. The van der Waals surface area contributed by atoms with Crippen molar-refractivity contribution in [3.05, 3.63) is 0 Å². The maximum atomic E-state index is 12.3. The highest BCUT2D eigenvalue weighted by Gasteiger charge is 2.33. The first-order chi connectivity index (χ1) is 8.95. The molecule has 0 aromatic carbocycles. The van der Waals surface area contributed by atoms with Crippen LogP contribution in [0.2, 0.25) is 0 Å². The lowest BCUT2D eigenvalue weighted by atomic mass is 9.99. The van der Waals surface area contributed by atoms with Crippen LogP contribution in [-0.4, -0.2) is 55.2 Å². The van der Waals surface area contributed by atoms with E-state index in [9.17, 15) is 4.79 Å². The Balaban J connectivity index is 2.62. The van der Waals surface area contributed by atoms with E-state index in [4.69, 9.17) is 10.5 Å². The fraction of sp³-hybridized carbons (Fsp3) is 0.929. The molecule has 1 rings (SSSR count). The van der Waals surface area contributed by atoms with E-state index >= 15 is 0 Å². The van der Waals surface area contributed by atoms with Gasteiger partial charge in [-0.25, -0.2) is 0 Å². The molecule has 0 bridgehead atoms. The van der Waals surface area contributed by atoms with Gasteiger partial charge in [0.05, 0.1) is 18.2 Å². The Morgan fingerprint density at radius 1 is 1.37 bits per heavy atom. The van der Waals surface area contributed by atoms with Crippen molar-refractivity contribution in [2.24, 2.45) is 11.7 Å². The van der Waals surface area contributed by atoms with Gasteiger partial charge in [0, 0.05) is 19.6 Å². The predicted molar refractivity (Wildman–Crippen MR) is 76.9 cm³/mol. The largest absolute Gasteiger partial charge is 0.373 e. The highest BCUT2D eigenvalue weighted by atomic mass is 16.5. The lowest BCUT2D eigenvalue weighted by Crippen LogP contribution is -2.57. The van der Waals surface area contributed by atoms with Crippen molar-refractivity contribution >= 4 is 5.91 Å². The molecule has 112 valence electrons. The molecule has 19 heavy (non-hydrogen) atoms. The molecule has 1 heterocycles. The monoisotopic (exact) mass is 271 g/mol. The van der Waals surface area contributed by atoms with Gasteiger partial charge in [-0.3, -0.25) is 9.69 Å². The second-order valence-electron chi connectivity index (χ2n) is 5.83. The Hall–Kier alpha value is -0.650. The molecule has 1 fully saturated rings. The molecular weight excluding hydrogens is 242 g/mol. The molecule has 1 aliphatic heterocycles. The molecule has 0 aliphatic carbocycles. The summed E-state index contributed by atoms with van der Waals surface area (Å²) >= 11 is 0. The van der Waals surface area contributed by atoms with Crippen LogP contribution in [0.25, 0.3) is 0 Å². The van der Waals surface area contributed by atoms with E-state index in [0.29, 0.717) is 13.1 Å². The summed E-state index contributed by atoms with van der Waals surface area (Å²) in [5, 5.41) is 2.99. The van der Waals surface area contributed by atoms with Gasteiger partial charge in [-0.15, -0.1) is 0 Å². The van der Waals surface area contributed by atoms with Gasteiger partial charge in [0.2, 0.25) is 5.91 Å². The third-order valence-corrected chi connectivity index (χ3v) is 3.42. The topological polar surface area (TPSA) is 67.6 Å². The number of nitrogens with one attached hydrogen (secondary N) is 1. The molecular formula is C14H29N3O2. The van der Waals surface area contributed by atoms with E-state index in [1.807, 2.05) is 0 Å². The predicted octanol–water partition coefficient (Wildman–Crippen LogP) is 0.585. The minimum absolute atomic E-state index is 0.0772. The molecule has 0 spiro atoms. The normalized spacial score (nSPS) is 26.4. The van der Waals surface area contributed by atoms with Gasteiger partial charge in [0.15, 0.2) is 0 Å². The number of carbonyl (C=O) groups excluding carboxylic acids is 1. The van der Waals surface area contributed by atoms with Crippen molar-refractivity contribution in [2.45, 2.75) is 52.4 Å². The van der Waals surface area contributed by atoms with Gasteiger partial charge in [0.1, 0.15) is 0 Å². The van der Waals surface area contributed by atoms with Crippen LogP contribution in [0, 0.1) is 5.92 Å². The molecule has 1 saturated heterocycles. The smallest absolute Gasteiger partial charge is 0.237 e. The second kappa shape index (κ2) is 7.82. The van der Waals surface area contributed by atoms with Gasteiger partial charge < -0.3 is 15.8 Å². The van der Waals surface area contributed by atoms with Crippen molar-refractivity contribution < 1.29 is 9.53 Å². The Morgan fingerprint density at radius 2 is 1.95 bits per heavy atom. The number of carbonyl (C=O) groups is 1. The summed E-state index contributed by atoms with van der Waals surface area (Å²) in [4.78, 5) is 14.6. The van der Waals surface area contributed by atoms with Crippen LogP contribution >= 0.6 is 0 Å². The Bertz CT molecular complexity index is 274. The van der Waals surface area contributed by atoms with E-state index < -0.39 is 0 Å². The SMILES string of the molecule is CC1CN(C(C(=O)NCCCN)C(C)C)CC(C)O1. The lowest BCUT2D eigenvalue weighted by molar-refractivity contribution is -0.135. The van der Waals surface area contributed by atoms with E-state index in [1.165, 1.54) is 0 Å². The van der Waals surface area contributed by atoms with E-state index in [-0.39, 0.29) is 30.1 Å². The number of nitrogens with two attached hydrogens (primary N) is 1. The number of hydrogen-bond donors (Lipinski definition) is 2. The van der Waals surface area contributed by atoms with Crippen molar-refractivity contribution in [2.75, 3.05) is 26.2 Å². The van der Waals surface area contributed by atoms with Crippen molar-refractivity contribution in [1.29, 1.82) is 0 Å². The molecule has 3 atom stereocenters. The summed E-state index contributed by atoms with van der Waals surface area (Å²) in [5.74, 6) is 0.403. The van der Waals surface area contributed by atoms with Gasteiger partial charge in [-0.2, -0.15) is 0 Å². The number of hydrogen-bond acceptors (Lipinski definition) is 4. The van der Waals surface area contributed by atoms with E-state index in [2.05, 4.69) is 37.9 Å². The summed E-state index contributed by atoms with van der Waals surface area (Å²) in [6.45, 7) is 11.2. The zero-order chi connectivity index (χ0) is 14.4. The van der Waals surface area contributed by atoms with Crippen LogP contribution in [0.4, 0.5) is 0 Å². The molecule has 3 N–H and O–H groups in total. The number of nitrogens with zero attached hydrogens (tertiary/aromatic N) is 1. The Labute approximate surface area is 116 Å². The maximum Gasteiger partial charge on any atom is 0.237 e. The first-order valence-corrected chi connectivity index (χ1v) is 7.33. The zero-order valence-corrected chi connectivity index (χ0v) is 12.7. The third kappa shape index (κ3) is 5.09. The zero-order valence-electron chi connectivity index (χ0n) is 12.7. The third-order valence-electron chi connectivity index (χ3n) is 3.42. The van der Waals surface area contributed by atoms with Crippen LogP contribution in [0.3, 0.4) is 0 Å². The van der Waals surface area contributed by atoms with Crippen LogP contribution in [0.15, 0.2) is 0 Å². The van der Waals surface area contributed by atoms with Crippen LogP contribution in [0.1, 0.15) is 34.1 Å². The number of rotatable bonds is 6. The van der Waals surface area contributed by atoms with Crippen LogP contribution in [-0.2, 0) is 9.53 Å².